The first-order valence-electron chi connectivity index (χ1n) is 11.0. The van der Waals surface area contributed by atoms with E-state index < -0.39 is 11.8 Å². The molecule has 0 aliphatic heterocycles. The fourth-order valence-electron chi connectivity index (χ4n) is 3.50. The molecule has 2 amide bonds. The van der Waals surface area contributed by atoms with Crippen molar-refractivity contribution in [2.75, 3.05) is 5.32 Å². The van der Waals surface area contributed by atoms with Gasteiger partial charge in [0.15, 0.2) is 0 Å². The van der Waals surface area contributed by atoms with Crippen molar-refractivity contribution in [2.45, 2.75) is 32.4 Å². The Balaban J connectivity index is 1.32. The summed E-state index contributed by atoms with van der Waals surface area (Å²) in [5.74, 6) is 0.971. The molecule has 0 saturated heterocycles. The third-order valence-electron chi connectivity index (χ3n) is 5.43. The Morgan fingerprint density at radius 3 is 2.71 bits per heavy atom. The van der Waals surface area contributed by atoms with E-state index in [-0.39, 0.29) is 11.7 Å². The molecule has 2 aromatic heterocycles. The Hall–Kier alpha value is -4.20. The van der Waals surface area contributed by atoms with Gasteiger partial charge in [0.25, 0.3) is 0 Å². The van der Waals surface area contributed by atoms with E-state index in [2.05, 4.69) is 20.6 Å². The molecule has 5 rings (SSSR count). The van der Waals surface area contributed by atoms with Crippen molar-refractivity contribution in [1.29, 1.82) is 0 Å². The van der Waals surface area contributed by atoms with Gasteiger partial charge in [0.1, 0.15) is 29.7 Å². The molecule has 8 heteroatoms. The Bertz CT molecular complexity index is 1340. The molecule has 172 valence electrons. The SMILES string of the molecule is Cc1cc2c(Oc3ccc(NC(=O)NC4CC4)c(F)c3)ccnc2cc1OCc1ccccn1. The van der Waals surface area contributed by atoms with Gasteiger partial charge in [0.05, 0.1) is 16.9 Å². The second-order valence-electron chi connectivity index (χ2n) is 8.17. The van der Waals surface area contributed by atoms with Crippen LogP contribution in [0.15, 0.2) is 67.0 Å². The number of pyridine rings is 2. The highest BCUT2D eigenvalue weighted by atomic mass is 19.1. The van der Waals surface area contributed by atoms with E-state index in [1.54, 1.807) is 24.5 Å². The standard InChI is InChI=1S/C26H23FN4O3/c1-16-12-20-23(14-25(16)33-15-18-4-2-3-10-28-18)29-11-9-24(20)34-19-7-8-22(21(27)13-19)31-26(32)30-17-5-6-17/h2-4,7-14,17H,5-6,15H2,1H3,(H2,30,31,32). The number of carbonyl (C=O) groups excluding carboxylic acids is 1. The van der Waals surface area contributed by atoms with Crippen LogP contribution in [0.25, 0.3) is 10.9 Å². The van der Waals surface area contributed by atoms with Crippen molar-refractivity contribution >= 4 is 22.6 Å². The molecule has 7 nitrogen and oxygen atoms in total. The fraction of sp³-hybridized carbons (Fsp3) is 0.192. The number of fused-ring (bicyclic) bond motifs is 1. The Morgan fingerprint density at radius 2 is 1.94 bits per heavy atom. The number of hydrogen-bond donors (Lipinski definition) is 2. The van der Waals surface area contributed by atoms with Gasteiger partial charge in [-0.3, -0.25) is 9.97 Å². The summed E-state index contributed by atoms with van der Waals surface area (Å²) < 4.78 is 26.5. The minimum absolute atomic E-state index is 0.0932. The van der Waals surface area contributed by atoms with Crippen molar-refractivity contribution in [3.63, 3.8) is 0 Å². The van der Waals surface area contributed by atoms with Crippen molar-refractivity contribution in [2.24, 2.45) is 0 Å². The van der Waals surface area contributed by atoms with Crippen LogP contribution in [-0.2, 0) is 6.61 Å². The number of aromatic nitrogens is 2. The van der Waals surface area contributed by atoms with Crippen LogP contribution in [0.1, 0.15) is 24.1 Å². The summed E-state index contributed by atoms with van der Waals surface area (Å²) in [4.78, 5) is 20.6. The zero-order valence-corrected chi connectivity index (χ0v) is 18.5. The molecule has 0 atom stereocenters. The molecule has 2 N–H and O–H groups in total. The normalized spacial score (nSPS) is 12.9. The predicted molar refractivity (Wildman–Crippen MR) is 127 cm³/mol. The number of amides is 2. The van der Waals surface area contributed by atoms with Gasteiger partial charge in [-0.05, 0) is 61.7 Å². The number of anilines is 1. The second kappa shape index (κ2) is 9.35. The summed E-state index contributed by atoms with van der Waals surface area (Å²) in [7, 11) is 0. The van der Waals surface area contributed by atoms with Gasteiger partial charge in [-0.1, -0.05) is 6.07 Å². The molecule has 0 bridgehead atoms. The third-order valence-corrected chi connectivity index (χ3v) is 5.43. The molecule has 1 saturated carbocycles. The molecule has 0 spiro atoms. The van der Waals surface area contributed by atoms with E-state index in [1.165, 1.54) is 12.1 Å². The largest absolute Gasteiger partial charge is 0.487 e. The number of rotatable bonds is 7. The van der Waals surface area contributed by atoms with Crippen LogP contribution < -0.4 is 20.1 Å². The van der Waals surface area contributed by atoms with Gasteiger partial charge in [0.2, 0.25) is 0 Å². The van der Waals surface area contributed by atoms with Crippen molar-refractivity contribution in [3.05, 3.63) is 84.1 Å². The second-order valence-corrected chi connectivity index (χ2v) is 8.17. The van der Waals surface area contributed by atoms with E-state index in [9.17, 15) is 9.18 Å². The van der Waals surface area contributed by atoms with Gasteiger partial charge in [-0.25, -0.2) is 9.18 Å². The number of nitrogens with zero attached hydrogens (tertiary/aromatic N) is 2. The van der Waals surface area contributed by atoms with Crippen molar-refractivity contribution in [1.82, 2.24) is 15.3 Å². The summed E-state index contributed by atoms with van der Waals surface area (Å²) in [6.07, 6.45) is 5.27. The summed E-state index contributed by atoms with van der Waals surface area (Å²) in [6, 6.07) is 15.3. The van der Waals surface area contributed by atoms with Crippen LogP contribution in [-0.4, -0.2) is 22.0 Å². The van der Waals surface area contributed by atoms with Gasteiger partial charge in [0, 0.05) is 36.0 Å². The maximum Gasteiger partial charge on any atom is 0.319 e. The number of urea groups is 1. The summed E-state index contributed by atoms with van der Waals surface area (Å²) in [5, 5.41) is 6.07. The van der Waals surface area contributed by atoms with E-state index >= 15 is 0 Å². The minimum Gasteiger partial charge on any atom is -0.487 e. The molecule has 1 aliphatic rings. The van der Waals surface area contributed by atoms with E-state index in [0.29, 0.717) is 29.4 Å². The Labute approximate surface area is 196 Å². The molecule has 2 heterocycles. The van der Waals surface area contributed by atoms with Crippen molar-refractivity contribution < 1.29 is 18.7 Å². The smallest absolute Gasteiger partial charge is 0.319 e. The third kappa shape index (κ3) is 5.06. The Morgan fingerprint density at radius 1 is 1.06 bits per heavy atom. The van der Waals surface area contributed by atoms with Gasteiger partial charge < -0.3 is 20.1 Å². The van der Waals surface area contributed by atoms with Crippen LogP contribution in [0.2, 0.25) is 0 Å². The first kappa shape index (κ1) is 21.6. The highest BCUT2D eigenvalue weighted by molar-refractivity contribution is 5.90. The van der Waals surface area contributed by atoms with Crippen molar-refractivity contribution in [3.8, 4) is 17.2 Å². The van der Waals surface area contributed by atoms with Crippen LogP contribution >= 0.6 is 0 Å². The molecule has 1 fully saturated rings. The topological polar surface area (TPSA) is 85.4 Å². The summed E-state index contributed by atoms with van der Waals surface area (Å²) in [5.41, 5.74) is 2.52. The zero-order valence-electron chi connectivity index (χ0n) is 18.5. The summed E-state index contributed by atoms with van der Waals surface area (Å²) >= 11 is 0. The quantitative estimate of drug-likeness (QED) is 0.369. The fourth-order valence-corrected chi connectivity index (χ4v) is 3.50. The number of ether oxygens (including phenoxy) is 2. The average molecular weight is 458 g/mol. The lowest BCUT2D eigenvalue weighted by molar-refractivity contribution is 0.251. The van der Waals surface area contributed by atoms with E-state index in [1.807, 2.05) is 37.3 Å². The van der Waals surface area contributed by atoms with Gasteiger partial charge in [-0.15, -0.1) is 0 Å². The first-order chi connectivity index (χ1) is 16.5. The molecule has 2 aromatic carbocycles. The molecular formula is C26H23FN4O3. The number of benzene rings is 2. The maximum atomic E-state index is 14.6. The minimum atomic E-state index is -0.580. The molecule has 1 aliphatic carbocycles. The van der Waals surface area contributed by atoms with Gasteiger partial charge >= 0.3 is 6.03 Å². The molecule has 0 unspecified atom stereocenters. The number of aryl methyl sites for hydroxylation is 1. The molecular weight excluding hydrogens is 435 g/mol. The maximum absolute atomic E-state index is 14.6. The highest BCUT2D eigenvalue weighted by Gasteiger charge is 2.23. The molecule has 34 heavy (non-hydrogen) atoms. The average Bonchev–Trinajstić information content (AvgIpc) is 3.64. The van der Waals surface area contributed by atoms with Gasteiger partial charge in [-0.2, -0.15) is 0 Å². The summed E-state index contributed by atoms with van der Waals surface area (Å²) in [6.45, 7) is 2.29. The van der Waals surface area contributed by atoms with Crippen LogP contribution in [0.5, 0.6) is 17.2 Å². The molecule has 4 aromatic rings. The zero-order chi connectivity index (χ0) is 23.5. The predicted octanol–water partition coefficient (Wildman–Crippen LogP) is 5.73. The first-order valence-corrected chi connectivity index (χ1v) is 11.0. The number of carbonyl (C=O) groups is 1. The Kier molecular flexibility index (Phi) is 5.95. The van der Waals surface area contributed by atoms with Crippen LogP contribution in [0, 0.1) is 12.7 Å². The van der Waals surface area contributed by atoms with Crippen LogP contribution in [0.3, 0.4) is 0 Å². The monoisotopic (exact) mass is 458 g/mol. The lowest BCUT2D eigenvalue weighted by Crippen LogP contribution is -2.30. The van der Waals surface area contributed by atoms with Crippen LogP contribution in [0.4, 0.5) is 14.9 Å². The van der Waals surface area contributed by atoms with E-state index in [4.69, 9.17) is 9.47 Å². The lowest BCUT2D eigenvalue weighted by Gasteiger charge is -2.13. The number of halogens is 1. The number of nitrogens with one attached hydrogen (secondary N) is 2. The molecule has 0 radical (unpaired) electrons. The number of hydrogen-bond acceptors (Lipinski definition) is 5. The lowest BCUT2D eigenvalue weighted by atomic mass is 10.1. The van der Waals surface area contributed by atoms with E-state index in [0.717, 1.165) is 29.5 Å². The highest BCUT2D eigenvalue weighted by Crippen LogP contribution is 2.34.